The van der Waals surface area contributed by atoms with Crippen molar-refractivity contribution in [2.75, 3.05) is 32.7 Å². The highest BCUT2D eigenvalue weighted by molar-refractivity contribution is 6.00. The molecule has 5 rings (SSSR count). The van der Waals surface area contributed by atoms with Crippen LogP contribution < -0.4 is 5.32 Å². The van der Waals surface area contributed by atoms with Crippen molar-refractivity contribution in [1.82, 2.24) is 24.9 Å². The van der Waals surface area contributed by atoms with Gasteiger partial charge in [-0.1, -0.05) is 42.5 Å². The van der Waals surface area contributed by atoms with Gasteiger partial charge in [0.15, 0.2) is 0 Å². The molecule has 1 aliphatic heterocycles. The third-order valence-corrected chi connectivity index (χ3v) is 6.33. The number of amides is 2. The highest BCUT2D eigenvalue weighted by atomic mass is 16.2. The van der Waals surface area contributed by atoms with E-state index in [9.17, 15) is 9.59 Å². The Morgan fingerprint density at radius 3 is 2.36 bits per heavy atom. The number of benzene rings is 2. The smallest absolute Gasteiger partial charge is 0.257 e. The zero-order valence-electron chi connectivity index (χ0n) is 18.9. The Balaban J connectivity index is 1.35. The summed E-state index contributed by atoms with van der Waals surface area (Å²) in [6, 6.07) is 18.2. The number of hydrogen-bond acceptors (Lipinski definition) is 4. The van der Waals surface area contributed by atoms with Crippen LogP contribution in [-0.2, 0) is 4.79 Å². The average molecular weight is 444 g/mol. The topological polar surface area (TPSA) is 70.5 Å². The molecule has 7 nitrogen and oxygen atoms in total. The summed E-state index contributed by atoms with van der Waals surface area (Å²) in [6.45, 7) is 5.01. The Bertz CT molecular complexity index is 1140. The number of hydrogen-bond donors (Lipinski definition) is 1. The van der Waals surface area contributed by atoms with Gasteiger partial charge in [-0.25, -0.2) is 4.68 Å². The first-order chi connectivity index (χ1) is 16.1. The number of carbonyl (C=O) groups is 2. The van der Waals surface area contributed by atoms with Gasteiger partial charge in [0.05, 0.1) is 17.8 Å². The van der Waals surface area contributed by atoms with Crippen molar-refractivity contribution in [2.45, 2.75) is 25.8 Å². The van der Waals surface area contributed by atoms with Gasteiger partial charge in [-0.2, -0.15) is 5.10 Å². The van der Waals surface area contributed by atoms with Gasteiger partial charge in [-0.3, -0.25) is 14.5 Å². The molecule has 3 aromatic rings. The molecule has 0 bridgehead atoms. The summed E-state index contributed by atoms with van der Waals surface area (Å²) in [7, 11) is 0. The summed E-state index contributed by atoms with van der Waals surface area (Å²) in [5, 5.41) is 7.86. The number of nitrogens with zero attached hydrogens (tertiary/aromatic N) is 4. The van der Waals surface area contributed by atoms with Crippen molar-refractivity contribution in [3.8, 4) is 16.9 Å². The van der Waals surface area contributed by atoms with Gasteiger partial charge in [0.25, 0.3) is 5.91 Å². The molecule has 170 valence electrons. The quantitative estimate of drug-likeness (QED) is 0.636. The summed E-state index contributed by atoms with van der Waals surface area (Å²) in [4.78, 5) is 29.7. The van der Waals surface area contributed by atoms with E-state index in [2.05, 4.69) is 10.2 Å². The lowest BCUT2D eigenvalue weighted by molar-refractivity contribution is -0.122. The molecule has 2 aliphatic rings. The van der Waals surface area contributed by atoms with Crippen molar-refractivity contribution in [1.29, 1.82) is 0 Å². The largest absolute Gasteiger partial charge is 0.352 e. The van der Waals surface area contributed by atoms with Crippen molar-refractivity contribution in [3.63, 3.8) is 0 Å². The van der Waals surface area contributed by atoms with E-state index in [0.29, 0.717) is 50.0 Å². The minimum Gasteiger partial charge on any atom is -0.352 e. The van der Waals surface area contributed by atoms with Crippen LogP contribution >= 0.6 is 0 Å². The molecule has 0 atom stereocenters. The van der Waals surface area contributed by atoms with Crippen molar-refractivity contribution < 1.29 is 9.59 Å². The second-order valence-electron chi connectivity index (χ2n) is 8.90. The first-order valence-electron chi connectivity index (χ1n) is 11.6. The predicted octanol–water partition coefficient (Wildman–Crippen LogP) is 2.88. The molecule has 2 aromatic carbocycles. The molecule has 2 amide bonds. The molecule has 0 radical (unpaired) electrons. The highest BCUT2D eigenvalue weighted by Crippen LogP contribution is 2.28. The van der Waals surface area contributed by atoms with Crippen molar-refractivity contribution >= 4 is 11.8 Å². The number of rotatable bonds is 6. The van der Waals surface area contributed by atoms with Gasteiger partial charge in [-0.05, 0) is 37.5 Å². The van der Waals surface area contributed by atoms with Gasteiger partial charge in [0.2, 0.25) is 5.91 Å². The fourth-order valence-corrected chi connectivity index (χ4v) is 4.26. The maximum atomic E-state index is 13.6. The normalized spacial score (nSPS) is 16.6. The molecule has 1 saturated carbocycles. The highest BCUT2D eigenvalue weighted by Gasteiger charge is 2.29. The van der Waals surface area contributed by atoms with Crippen LogP contribution in [0.1, 0.15) is 28.8 Å². The first kappa shape index (κ1) is 21.4. The van der Waals surface area contributed by atoms with E-state index >= 15 is 0 Å². The van der Waals surface area contributed by atoms with E-state index in [4.69, 9.17) is 5.10 Å². The average Bonchev–Trinajstić information content (AvgIpc) is 3.54. The van der Waals surface area contributed by atoms with Crippen molar-refractivity contribution in [3.05, 3.63) is 71.9 Å². The van der Waals surface area contributed by atoms with Gasteiger partial charge in [-0.15, -0.1) is 0 Å². The van der Waals surface area contributed by atoms with Crippen LogP contribution in [0.5, 0.6) is 0 Å². The molecule has 7 heteroatoms. The standard InChI is InChI=1S/C26H29N5O2/c1-19-7-5-6-10-22(19)25-23(17-31(28-25)21-8-3-2-4-9-21)26(33)30-15-13-29(14-16-30)18-24(32)27-20-11-12-20/h2-10,17,20H,11-16,18H2,1H3,(H,27,32). The predicted molar refractivity (Wildman–Crippen MR) is 127 cm³/mol. The molecule has 33 heavy (non-hydrogen) atoms. The zero-order valence-corrected chi connectivity index (χ0v) is 18.9. The van der Waals surface area contributed by atoms with E-state index in [-0.39, 0.29) is 11.8 Å². The third-order valence-electron chi connectivity index (χ3n) is 6.33. The SMILES string of the molecule is Cc1ccccc1-c1nn(-c2ccccc2)cc1C(=O)N1CCN(CC(=O)NC2CC2)CC1. The number of para-hydroxylation sites is 1. The number of aromatic nitrogens is 2. The molecule has 0 unspecified atom stereocenters. The summed E-state index contributed by atoms with van der Waals surface area (Å²) in [6.07, 6.45) is 4.02. The summed E-state index contributed by atoms with van der Waals surface area (Å²) >= 11 is 0. The molecule has 1 aromatic heterocycles. The molecule has 0 spiro atoms. The summed E-state index contributed by atoms with van der Waals surface area (Å²) in [5.74, 6) is 0.0702. The molecule has 2 heterocycles. The zero-order chi connectivity index (χ0) is 22.8. The minimum absolute atomic E-state index is 0.0162. The second-order valence-corrected chi connectivity index (χ2v) is 8.90. The lowest BCUT2D eigenvalue weighted by atomic mass is 10.0. The Morgan fingerprint density at radius 1 is 0.970 bits per heavy atom. The Kier molecular flexibility index (Phi) is 5.96. The number of aryl methyl sites for hydroxylation is 1. The molecule has 1 N–H and O–H groups in total. The van der Waals surface area contributed by atoms with Gasteiger partial charge in [0, 0.05) is 44.0 Å². The fraction of sp³-hybridized carbons (Fsp3) is 0.346. The third kappa shape index (κ3) is 4.83. The molecular weight excluding hydrogens is 414 g/mol. The monoisotopic (exact) mass is 443 g/mol. The van der Waals surface area contributed by atoms with E-state index < -0.39 is 0 Å². The molecule has 1 saturated heterocycles. The maximum Gasteiger partial charge on any atom is 0.257 e. The van der Waals surface area contributed by atoms with Crippen molar-refractivity contribution in [2.24, 2.45) is 0 Å². The van der Waals surface area contributed by atoms with Gasteiger partial charge in [0.1, 0.15) is 5.69 Å². The summed E-state index contributed by atoms with van der Waals surface area (Å²) in [5.41, 5.74) is 4.27. The van der Waals surface area contributed by atoms with Crippen LogP contribution in [0, 0.1) is 6.92 Å². The van der Waals surface area contributed by atoms with E-state index in [0.717, 1.165) is 29.7 Å². The number of nitrogens with one attached hydrogen (secondary N) is 1. The molecular formula is C26H29N5O2. The van der Waals surface area contributed by atoms with Crippen LogP contribution in [0.2, 0.25) is 0 Å². The molecule has 1 aliphatic carbocycles. The van der Waals surface area contributed by atoms with Crippen LogP contribution in [0.4, 0.5) is 0 Å². The Labute approximate surface area is 194 Å². The van der Waals surface area contributed by atoms with Crippen LogP contribution in [0.3, 0.4) is 0 Å². The second kappa shape index (κ2) is 9.19. The lowest BCUT2D eigenvalue weighted by Crippen LogP contribution is -2.51. The fourth-order valence-electron chi connectivity index (χ4n) is 4.26. The molecule has 2 fully saturated rings. The first-order valence-corrected chi connectivity index (χ1v) is 11.6. The van der Waals surface area contributed by atoms with E-state index in [1.165, 1.54) is 0 Å². The van der Waals surface area contributed by atoms with Gasteiger partial charge >= 0.3 is 0 Å². The van der Waals surface area contributed by atoms with E-state index in [1.54, 1.807) is 4.68 Å². The summed E-state index contributed by atoms with van der Waals surface area (Å²) < 4.78 is 1.79. The van der Waals surface area contributed by atoms with Crippen LogP contribution in [0.25, 0.3) is 16.9 Å². The van der Waals surface area contributed by atoms with Gasteiger partial charge < -0.3 is 10.2 Å². The number of carbonyl (C=O) groups excluding carboxylic acids is 2. The Morgan fingerprint density at radius 2 is 1.67 bits per heavy atom. The Hall–Kier alpha value is -3.45. The van der Waals surface area contributed by atoms with Crippen LogP contribution in [-0.4, -0.2) is 70.2 Å². The number of piperazine rings is 1. The maximum absolute atomic E-state index is 13.6. The van der Waals surface area contributed by atoms with Crippen LogP contribution in [0.15, 0.2) is 60.8 Å². The lowest BCUT2D eigenvalue weighted by Gasteiger charge is -2.34. The van der Waals surface area contributed by atoms with E-state index in [1.807, 2.05) is 72.6 Å². The minimum atomic E-state index is -0.0162.